The molecular weight excluding hydrogens is 294 g/mol. The van der Waals surface area contributed by atoms with Gasteiger partial charge in [-0.2, -0.15) is 0 Å². The molecule has 0 radical (unpaired) electrons. The van der Waals surface area contributed by atoms with Crippen molar-refractivity contribution in [2.24, 2.45) is 0 Å². The highest BCUT2D eigenvalue weighted by molar-refractivity contribution is 5.91. The van der Waals surface area contributed by atoms with Gasteiger partial charge in [0, 0.05) is 25.4 Å². The van der Waals surface area contributed by atoms with Crippen molar-refractivity contribution >= 4 is 12.0 Å². The zero-order valence-corrected chi connectivity index (χ0v) is 15.1. The van der Waals surface area contributed by atoms with Gasteiger partial charge in [-0.3, -0.25) is 0 Å². The quantitative estimate of drug-likeness (QED) is 0.418. The third-order valence-electron chi connectivity index (χ3n) is 2.81. The molecule has 0 amide bonds. The van der Waals surface area contributed by atoms with Crippen molar-refractivity contribution in [3.8, 4) is 0 Å². The van der Waals surface area contributed by atoms with Crippen LogP contribution in [0.2, 0.25) is 0 Å². The van der Waals surface area contributed by atoms with E-state index in [0.29, 0.717) is 18.8 Å². The molecule has 0 saturated heterocycles. The molecule has 0 aliphatic carbocycles. The maximum absolute atomic E-state index is 12.3. The van der Waals surface area contributed by atoms with Crippen LogP contribution >= 0.6 is 0 Å². The normalized spacial score (nSPS) is 12.6. The van der Waals surface area contributed by atoms with E-state index in [1.165, 1.54) is 0 Å². The molecule has 6 nitrogen and oxygen atoms in total. The van der Waals surface area contributed by atoms with Crippen LogP contribution in [0.4, 0.5) is 0 Å². The molecule has 0 aliphatic heterocycles. The van der Waals surface area contributed by atoms with Gasteiger partial charge in [0.15, 0.2) is 0 Å². The number of carbonyl (C=O) groups is 1. The predicted molar refractivity (Wildman–Crippen MR) is 90.8 cm³/mol. The van der Waals surface area contributed by atoms with Crippen molar-refractivity contribution in [3.05, 3.63) is 24.0 Å². The molecule has 0 unspecified atom stereocenters. The lowest BCUT2D eigenvalue weighted by Crippen LogP contribution is -2.26. The molecule has 0 aromatic carbocycles. The zero-order valence-electron chi connectivity index (χ0n) is 15.1. The van der Waals surface area contributed by atoms with Gasteiger partial charge in [0.1, 0.15) is 12.2 Å². The number of hydrogen-bond acceptors (Lipinski definition) is 5. The maximum Gasteiger partial charge on any atom is 0.374 e. The van der Waals surface area contributed by atoms with Gasteiger partial charge in [-0.25, -0.2) is 9.78 Å². The summed E-state index contributed by atoms with van der Waals surface area (Å²) >= 11 is 0. The number of carbonyl (C=O) groups excluding carboxylic acids is 1. The van der Waals surface area contributed by atoms with E-state index in [1.54, 1.807) is 12.4 Å². The lowest BCUT2D eigenvalue weighted by molar-refractivity contribution is -0.154. The fraction of sp³-hybridized carbons (Fsp3) is 0.647. The van der Waals surface area contributed by atoms with Crippen molar-refractivity contribution in [1.82, 2.24) is 14.5 Å². The molecular formula is C17H29N3O3. The SMILES string of the molecule is CCCn1cnc(/C=C(/OCCN(C)C)C(=O)OC(C)(C)C)c1. The molecule has 0 spiro atoms. The fourth-order valence-corrected chi connectivity index (χ4v) is 1.79. The first-order valence-corrected chi connectivity index (χ1v) is 7.95. The van der Waals surface area contributed by atoms with Gasteiger partial charge in [0.05, 0.1) is 12.0 Å². The van der Waals surface area contributed by atoms with Crippen molar-refractivity contribution < 1.29 is 14.3 Å². The minimum absolute atomic E-state index is 0.184. The molecule has 0 bridgehead atoms. The molecule has 1 aromatic heterocycles. The van der Waals surface area contributed by atoms with Crippen LogP contribution in [0.3, 0.4) is 0 Å². The number of aromatic nitrogens is 2. The number of esters is 1. The van der Waals surface area contributed by atoms with Crippen molar-refractivity contribution in [1.29, 1.82) is 0 Å². The summed E-state index contributed by atoms with van der Waals surface area (Å²) in [6.07, 6.45) is 6.30. The van der Waals surface area contributed by atoms with Crippen LogP contribution < -0.4 is 0 Å². The van der Waals surface area contributed by atoms with Crippen LogP contribution in [-0.2, 0) is 20.8 Å². The largest absolute Gasteiger partial charge is 0.485 e. The Labute approximate surface area is 139 Å². The monoisotopic (exact) mass is 323 g/mol. The summed E-state index contributed by atoms with van der Waals surface area (Å²) in [6.45, 7) is 9.61. The number of imidazole rings is 1. The molecule has 1 heterocycles. The first-order valence-electron chi connectivity index (χ1n) is 7.95. The van der Waals surface area contributed by atoms with Gasteiger partial charge in [-0.15, -0.1) is 0 Å². The number of nitrogens with zero attached hydrogens (tertiary/aromatic N) is 3. The van der Waals surface area contributed by atoms with Crippen LogP contribution in [0.15, 0.2) is 18.3 Å². The van der Waals surface area contributed by atoms with Crippen molar-refractivity contribution in [2.75, 3.05) is 27.2 Å². The molecule has 0 saturated carbocycles. The molecule has 0 N–H and O–H groups in total. The van der Waals surface area contributed by atoms with Gasteiger partial charge < -0.3 is 18.9 Å². The van der Waals surface area contributed by atoms with Crippen LogP contribution in [0.1, 0.15) is 39.8 Å². The van der Waals surface area contributed by atoms with E-state index in [9.17, 15) is 4.79 Å². The van der Waals surface area contributed by atoms with Crippen LogP contribution in [0.25, 0.3) is 6.08 Å². The number of likely N-dealkylation sites (N-methyl/N-ethyl adjacent to an activating group) is 1. The second kappa shape index (κ2) is 8.72. The number of aryl methyl sites for hydroxylation is 1. The Balaban J connectivity index is 2.87. The number of ether oxygens (including phenoxy) is 2. The first kappa shape index (κ1) is 19.2. The lowest BCUT2D eigenvalue weighted by atomic mass is 10.2. The van der Waals surface area contributed by atoms with E-state index >= 15 is 0 Å². The Morgan fingerprint density at radius 2 is 2.09 bits per heavy atom. The maximum atomic E-state index is 12.3. The van der Waals surface area contributed by atoms with E-state index in [2.05, 4.69) is 11.9 Å². The van der Waals surface area contributed by atoms with Crippen LogP contribution in [0.5, 0.6) is 0 Å². The van der Waals surface area contributed by atoms with Gasteiger partial charge in [0.25, 0.3) is 0 Å². The lowest BCUT2D eigenvalue weighted by Gasteiger charge is -2.21. The Bertz CT molecular complexity index is 527. The van der Waals surface area contributed by atoms with E-state index in [4.69, 9.17) is 9.47 Å². The number of hydrogen-bond donors (Lipinski definition) is 0. The standard InChI is InChI=1S/C17H29N3O3/c1-7-8-20-12-14(18-13-20)11-15(22-10-9-19(5)6)16(21)23-17(2,3)4/h11-13H,7-10H2,1-6H3/b15-11+. The molecule has 6 heteroatoms. The molecule has 130 valence electrons. The highest BCUT2D eigenvalue weighted by Gasteiger charge is 2.21. The van der Waals surface area contributed by atoms with E-state index in [1.807, 2.05) is 50.5 Å². The van der Waals surface area contributed by atoms with Crippen molar-refractivity contribution in [3.63, 3.8) is 0 Å². The first-order chi connectivity index (χ1) is 10.7. The summed E-state index contributed by atoms with van der Waals surface area (Å²) in [6, 6.07) is 0. The zero-order chi connectivity index (χ0) is 17.5. The third-order valence-corrected chi connectivity index (χ3v) is 2.81. The summed E-state index contributed by atoms with van der Waals surface area (Å²) < 4.78 is 13.0. The predicted octanol–water partition coefficient (Wildman–Crippen LogP) is 2.55. The molecule has 0 atom stereocenters. The molecule has 1 rings (SSSR count). The third kappa shape index (κ3) is 7.83. The average Bonchev–Trinajstić information content (AvgIpc) is 2.83. The second-order valence-corrected chi connectivity index (χ2v) is 6.70. The fourth-order valence-electron chi connectivity index (χ4n) is 1.79. The highest BCUT2D eigenvalue weighted by Crippen LogP contribution is 2.14. The van der Waals surface area contributed by atoms with E-state index < -0.39 is 11.6 Å². The average molecular weight is 323 g/mol. The summed E-state index contributed by atoms with van der Waals surface area (Å²) in [5, 5.41) is 0. The summed E-state index contributed by atoms with van der Waals surface area (Å²) in [5.41, 5.74) is 0.118. The minimum Gasteiger partial charge on any atom is -0.485 e. The Kier molecular flexibility index (Phi) is 7.29. The second-order valence-electron chi connectivity index (χ2n) is 6.70. The minimum atomic E-state index is -0.567. The van der Waals surface area contributed by atoms with Crippen molar-refractivity contribution in [2.45, 2.75) is 46.3 Å². The summed E-state index contributed by atoms with van der Waals surface area (Å²) in [5.74, 6) is -0.287. The number of rotatable bonds is 8. The summed E-state index contributed by atoms with van der Waals surface area (Å²) in [4.78, 5) is 18.6. The molecule has 1 aromatic rings. The topological polar surface area (TPSA) is 56.6 Å². The van der Waals surface area contributed by atoms with Gasteiger partial charge in [-0.05, 0) is 41.3 Å². The van der Waals surface area contributed by atoms with E-state index in [-0.39, 0.29) is 5.76 Å². The Hall–Kier alpha value is -1.82. The van der Waals surface area contributed by atoms with E-state index in [0.717, 1.165) is 13.0 Å². The van der Waals surface area contributed by atoms with Crippen LogP contribution in [0, 0.1) is 0 Å². The highest BCUT2D eigenvalue weighted by atomic mass is 16.6. The van der Waals surface area contributed by atoms with Gasteiger partial charge in [-0.1, -0.05) is 6.92 Å². The summed E-state index contributed by atoms with van der Waals surface area (Å²) in [7, 11) is 3.90. The Morgan fingerprint density at radius 1 is 1.39 bits per heavy atom. The van der Waals surface area contributed by atoms with Gasteiger partial charge in [0.2, 0.25) is 5.76 Å². The van der Waals surface area contributed by atoms with Crippen LogP contribution in [-0.4, -0.2) is 53.3 Å². The molecule has 0 fully saturated rings. The molecule has 23 heavy (non-hydrogen) atoms. The smallest absolute Gasteiger partial charge is 0.374 e. The molecule has 0 aliphatic rings. The Morgan fingerprint density at radius 3 is 2.65 bits per heavy atom. The van der Waals surface area contributed by atoms with Gasteiger partial charge >= 0.3 is 5.97 Å².